The highest BCUT2D eigenvalue weighted by Crippen LogP contribution is 2.24. The molecule has 1 aromatic heterocycles. The number of anilines is 2. The molecule has 0 amide bonds. The summed E-state index contributed by atoms with van der Waals surface area (Å²) in [6.45, 7) is 4.86. The lowest BCUT2D eigenvalue weighted by Gasteiger charge is -2.11. The lowest BCUT2D eigenvalue weighted by molar-refractivity contribution is 1.07. The first kappa shape index (κ1) is 16.6. The van der Waals surface area contributed by atoms with Crippen molar-refractivity contribution >= 4 is 45.9 Å². The second kappa shape index (κ2) is 7.51. The van der Waals surface area contributed by atoms with Crippen LogP contribution in [0.15, 0.2) is 55.1 Å². The first-order valence-electron chi connectivity index (χ1n) is 7.46. The summed E-state index contributed by atoms with van der Waals surface area (Å²) in [6.07, 6.45) is 1.79. The normalized spacial score (nSPS) is 10.6. The van der Waals surface area contributed by atoms with Crippen LogP contribution < -0.4 is 10.6 Å². The van der Waals surface area contributed by atoms with E-state index in [0.29, 0.717) is 29.1 Å². The Morgan fingerprint density at radius 3 is 2.67 bits per heavy atom. The molecule has 24 heavy (non-hydrogen) atoms. The number of aromatic nitrogens is 2. The molecule has 0 saturated carbocycles. The fourth-order valence-electron chi connectivity index (χ4n) is 2.30. The van der Waals surface area contributed by atoms with Crippen LogP contribution in [0.5, 0.6) is 0 Å². The van der Waals surface area contributed by atoms with E-state index in [1.807, 2.05) is 36.4 Å². The molecule has 2 N–H and O–H groups in total. The minimum atomic E-state index is 0.509. The van der Waals surface area contributed by atoms with Gasteiger partial charge >= 0.3 is 0 Å². The number of hydrogen-bond donors (Lipinski definition) is 2. The van der Waals surface area contributed by atoms with Crippen molar-refractivity contribution in [3.63, 3.8) is 0 Å². The Bertz CT molecular complexity index is 880. The number of nitrogens with zero attached hydrogens (tertiary/aromatic N) is 2. The van der Waals surface area contributed by atoms with Gasteiger partial charge in [0.1, 0.15) is 5.82 Å². The van der Waals surface area contributed by atoms with Crippen LogP contribution in [0, 0.1) is 0 Å². The maximum Gasteiger partial charge on any atom is 0.225 e. The Kier molecular flexibility index (Phi) is 5.18. The molecule has 6 heteroatoms. The van der Waals surface area contributed by atoms with E-state index >= 15 is 0 Å². The molecule has 2 aromatic carbocycles. The monoisotopic (exact) mass is 358 g/mol. The lowest BCUT2D eigenvalue weighted by atomic mass is 10.2. The lowest BCUT2D eigenvalue weighted by Crippen LogP contribution is -2.08. The summed E-state index contributed by atoms with van der Waals surface area (Å²) in [5.41, 5.74) is 1.79. The van der Waals surface area contributed by atoms with Crippen LogP contribution in [0.3, 0.4) is 0 Å². The van der Waals surface area contributed by atoms with Crippen molar-refractivity contribution in [2.45, 2.75) is 6.54 Å². The van der Waals surface area contributed by atoms with E-state index in [1.165, 1.54) is 0 Å². The molecule has 122 valence electrons. The van der Waals surface area contributed by atoms with Crippen LogP contribution in [0.1, 0.15) is 5.56 Å². The number of halogens is 2. The molecular weight excluding hydrogens is 343 g/mol. The number of para-hydroxylation sites is 1. The molecule has 1 heterocycles. The van der Waals surface area contributed by atoms with Gasteiger partial charge < -0.3 is 10.6 Å². The van der Waals surface area contributed by atoms with E-state index in [0.717, 1.165) is 22.3 Å². The largest absolute Gasteiger partial charge is 0.366 e. The summed E-state index contributed by atoms with van der Waals surface area (Å²) in [4.78, 5) is 9.10. The van der Waals surface area contributed by atoms with Gasteiger partial charge in [-0.25, -0.2) is 4.98 Å². The summed E-state index contributed by atoms with van der Waals surface area (Å²) in [5, 5.41) is 8.65. The molecule has 0 bridgehead atoms. The quantitative estimate of drug-likeness (QED) is 0.598. The molecule has 4 nitrogen and oxygen atoms in total. The highest BCUT2D eigenvalue weighted by Gasteiger charge is 2.08. The van der Waals surface area contributed by atoms with Gasteiger partial charge in [-0.15, -0.1) is 6.58 Å². The van der Waals surface area contributed by atoms with Gasteiger partial charge in [-0.05, 0) is 29.8 Å². The summed E-state index contributed by atoms with van der Waals surface area (Å²) in [6, 6.07) is 13.3. The Morgan fingerprint density at radius 1 is 1.04 bits per heavy atom. The smallest absolute Gasteiger partial charge is 0.225 e. The molecule has 0 aliphatic carbocycles. The first-order valence-corrected chi connectivity index (χ1v) is 8.22. The SMILES string of the molecule is C=CCNc1nc(NCc2ccc(Cl)cc2Cl)nc2ccccc12. The second-order valence-corrected chi connectivity index (χ2v) is 6.02. The fourth-order valence-corrected chi connectivity index (χ4v) is 2.77. The third kappa shape index (κ3) is 3.78. The number of nitrogens with one attached hydrogen (secondary N) is 2. The molecule has 0 fully saturated rings. The van der Waals surface area contributed by atoms with Crippen molar-refractivity contribution in [2.75, 3.05) is 17.2 Å². The number of benzene rings is 2. The van der Waals surface area contributed by atoms with Gasteiger partial charge in [0.2, 0.25) is 5.95 Å². The van der Waals surface area contributed by atoms with Crippen LogP contribution in [-0.4, -0.2) is 16.5 Å². The van der Waals surface area contributed by atoms with Crippen molar-refractivity contribution in [1.82, 2.24) is 9.97 Å². The molecule has 0 atom stereocenters. The van der Waals surface area contributed by atoms with Gasteiger partial charge in [0, 0.05) is 28.5 Å². The predicted molar refractivity (Wildman–Crippen MR) is 102 cm³/mol. The molecule has 0 aliphatic heterocycles. The number of hydrogen-bond acceptors (Lipinski definition) is 4. The number of rotatable bonds is 6. The second-order valence-electron chi connectivity index (χ2n) is 5.17. The van der Waals surface area contributed by atoms with E-state index in [9.17, 15) is 0 Å². The van der Waals surface area contributed by atoms with Crippen LogP contribution in [0.2, 0.25) is 10.0 Å². The molecule has 0 unspecified atom stereocenters. The highest BCUT2D eigenvalue weighted by atomic mass is 35.5. The van der Waals surface area contributed by atoms with Gasteiger partial charge in [-0.2, -0.15) is 4.98 Å². The predicted octanol–water partition coefficient (Wildman–Crippen LogP) is 5.15. The van der Waals surface area contributed by atoms with Gasteiger partial charge in [-0.3, -0.25) is 0 Å². The summed E-state index contributed by atoms with van der Waals surface area (Å²) >= 11 is 12.1. The molecule has 3 rings (SSSR count). The maximum absolute atomic E-state index is 6.20. The van der Waals surface area contributed by atoms with Crippen molar-refractivity contribution < 1.29 is 0 Å². The molecule has 0 spiro atoms. The van der Waals surface area contributed by atoms with E-state index in [-0.39, 0.29) is 0 Å². The van der Waals surface area contributed by atoms with Gasteiger partial charge in [0.25, 0.3) is 0 Å². The molecule has 0 aliphatic rings. The van der Waals surface area contributed by atoms with Crippen molar-refractivity contribution in [1.29, 1.82) is 0 Å². The Hall–Kier alpha value is -2.30. The van der Waals surface area contributed by atoms with E-state index < -0.39 is 0 Å². The molecule has 0 radical (unpaired) electrons. The fraction of sp³-hybridized carbons (Fsp3) is 0.111. The third-order valence-corrected chi connectivity index (χ3v) is 4.06. The summed E-state index contributed by atoms with van der Waals surface area (Å²) < 4.78 is 0. The molecular formula is C18H16Cl2N4. The minimum Gasteiger partial charge on any atom is -0.366 e. The Balaban J connectivity index is 1.87. The highest BCUT2D eigenvalue weighted by molar-refractivity contribution is 6.35. The zero-order chi connectivity index (χ0) is 16.9. The van der Waals surface area contributed by atoms with Crippen LogP contribution >= 0.6 is 23.2 Å². The standard InChI is InChI=1S/C18H16Cl2N4/c1-2-9-21-17-14-5-3-4-6-16(14)23-18(24-17)22-11-12-7-8-13(19)10-15(12)20/h2-8,10H,1,9,11H2,(H2,21,22,23,24). The van der Waals surface area contributed by atoms with Crippen molar-refractivity contribution in [2.24, 2.45) is 0 Å². The Morgan fingerprint density at radius 2 is 1.88 bits per heavy atom. The minimum absolute atomic E-state index is 0.509. The van der Waals surface area contributed by atoms with Crippen molar-refractivity contribution in [3.05, 3.63) is 70.7 Å². The molecule has 3 aromatic rings. The third-order valence-electron chi connectivity index (χ3n) is 3.47. The average molecular weight is 359 g/mol. The van der Waals surface area contributed by atoms with Gasteiger partial charge in [0.15, 0.2) is 0 Å². The topological polar surface area (TPSA) is 49.8 Å². The molecule has 0 saturated heterocycles. The van der Waals surface area contributed by atoms with Crippen LogP contribution in [-0.2, 0) is 6.54 Å². The van der Waals surface area contributed by atoms with Crippen molar-refractivity contribution in [3.8, 4) is 0 Å². The summed E-state index contributed by atoms with van der Waals surface area (Å²) in [5.74, 6) is 1.30. The Labute approximate surface area is 150 Å². The maximum atomic E-state index is 6.20. The van der Waals surface area contributed by atoms with E-state index in [1.54, 1.807) is 12.1 Å². The van der Waals surface area contributed by atoms with Crippen LogP contribution in [0.4, 0.5) is 11.8 Å². The van der Waals surface area contributed by atoms with Gasteiger partial charge in [0.05, 0.1) is 5.52 Å². The van der Waals surface area contributed by atoms with Gasteiger partial charge in [-0.1, -0.05) is 47.5 Å². The first-order chi connectivity index (χ1) is 11.7. The van der Waals surface area contributed by atoms with E-state index in [2.05, 4.69) is 27.2 Å². The van der Waals surface area contributed by atoms with E-state index in [4.69, 9.17) is 23.2 Å². The average Bonchev–Trinajstić information content (AvgIpc) is 2.59. The summed E-state index contributed by atoms with van der Waals surface area (Å²) in [7, 11) is 0. The zero-order valence-electron chi connectivity index (χ0n) is 12.9. The number of fused-ring (bicyclic) bond motifs is 1. The van der Waals surface area contributed by atoms with Crippen LogP contribution in [0.25, 0.3) is 10.9 Å². The zero-order valence-corrected chi connectivity index (χ0v) is 14.4.